The maximum absolute atomic E-state index is 11.9. The Morgan fingerprint density at radius 1 is 1.20 bits per heavy atom. The average molecular weight is 366 g/mol. The zero-order valence-electron chi connectivity index (χ0n) is 12.7. The number of carboxylic acids is 1. The van der Waals surface area contributed by atoms with Gasteiger partial charge in [0.15, 0.2) is 0 Å². The van der Waals surface area contributed by atoms with E-state index in [0.717, 1.165) is 0 Å². The van der Waals surface area contributed by atoms with Crippen molar-refractivity contribution in [2.45, 2.75) is 24.7 Å². The van der Waals surface area contributed by atoms with Crippen LogP contribution in [0.3, 0.4) is 0 Å². The Morgan fingerprint density at radius 3 is 2.16 bits per heavy atom. The Bertz CT molecular complexity index is 603. The van der Waals surface area contributed by atoms with E-state index in [-0.39, 0.29) is 23.1 Å². The van der Waals surface area contributed by atoms with Gasteiger partial charge < -0.3 is 31.1 Å². The first-order valence-corrected chi connectivity index (χ1v) is 7.04. The van der Waals surface area contributed by atoms with Crippen molar-refractivity contribution in [3.05, 3.63) is 23.8 Å². The molecule has 1 fully saturated rings. The number of benzene rings is 1. The number of carboxylic acid groups (broad SMARTS) is 1. The summed E-state index contributed by atoms with van der Waals surface area (Å²) in [5, 5.41) is 41.6. The minimum atomic E-state index is -5.08. The van der Waals surface area contributed by atoms with Crippen LogP contribution in [0.25, 0.3) is 0 Å². The van der Waals surface area contributed by atoms with Crippen LogP contribution in [0.2, 0.25) is 0 Å². The number of carbonyl (C=O) groups excluding carboxylic acids is 1. The Morgan fingerprint density at radius 2 is 1.72 bits per heavy atom. The van der Waals surface area contributed by atoms with Gasteiger partial charge in [-0.25, -0.2) is 4.79 Å². The highest BCUT2D eigenvalue weighted by Gasteiger charge is 2.38. The standard InChI is InChI=1S/C12H16N2O4.C2HF3O2/c15-8-2-1-3-9(16)11(8)12(18)14-7-4-5-13-6-10(7)17;3-2(4,5)1(6)7/h1-3,7,10,13,15-17H,4-6H2,(H,14,18);(H,6,7)/t7-,10-;/m1./s1. The van der Waals surface area contributed by atoms with E-state index in [4.69, 9.17) is 9.90 Å². The Kier molecular flexibility index (Phi) is 7.00. The fraction of sp³-hybridized carbons (Fsp3) is 0.429. The number of amides is 1. The zero-order valence-corrected chi connectivity index (χ0v) is 12.7. The van der Waals surface area contributed by atoms with Gasteiger partial charge in [0.05, 0.1) is 12.1 Å². The molecule has 2 rings (SSSR count). The molecule has 8 nitrogen and oxygen atoms in total. The molecule has 6 N–H and O–H groups in total. The number of piperidine rings is 1. The summed E-state index contributed by atoms with van der Waals surface area (Å²) in [7, 11) is 0. The summed E-state index contributed by atoms with van der Waals surface area (Å²) in [6, 6.07) is 3.72. The fourth-order valence-electron chi connectivity index (χ4n) is 2.01. The second-order valence-corrected chi connectivity index (χ2v) is 5.11. The van der Waals surface area contributed by atoms with Crippen LogP contribution < -0.4 is 10.6 Å². The van der Waals surface area contributed by atoms with E-state index >= 15 is 0 Å². The highest BCUT2D eigenvalue weighted by molar-refractivity contribution is 5.99. The molecule has 0 aromatic heterocycles. The number of rotatable bonds is 2. The van der Waals surface area contributed by atoms with Crippen molar-refractivity contribution >= 4 is 11.9 Å². The van der Waals surface area contributed by atoms with Crippen LogP contribution in [0.15, 0.2) is 18.2 Å². The van der Waals surface area contributed by atoms with Gasteiger partial charge >= 0.3 is 12.1 Å². The largest absolute Gasteiger partial charge is 0.507 e. The van der Waals surface area contributed by atoms with Crippen LogP contribution in [0.1, 0.15) is 16.8 Å². The molecule has 0 aliphatic carbocycles. The summed E-state index contributed by atoms with van der Waals surface area (Å²) in [6.07, 6.45) is -5.16. The molecule has 1 aliphatic rings. The molecule has 0 radical (unpaired) electrons. The molecule has 140 valence electrons. The van der Waals surface area contributed by atoms with Crippen molar-refractivity contribution in [3.63, 3.8) is 0 Å². The third kappa shape index (κ3) is 6.12. The number of aliphatic carboxylic acids is 1. The number of halogens is 3. The Hall–Kier alpha value is -2.53. The van der Waals surface area contributed by atoms with Crippen molar-refractivity contribution in [2.24, 2.45) is 0 Å². The maximum Gasteiger partial charge on any atom is 0.490 e. The number of aliphatic hydroxyl groups is 1. The number of nitrogens with one attached hydrogen (secondary N) is 2. The maximum atomic E-state index is 11.9. The van der Waals surface area contributed by atoms with E-state index in [2.05, 4.69) is 10.6 Å². The second kappa shape index (κ2) is 8.53. The molecule has 0 bridgehead atoms. The minimum absolute atomic E-state index is 0.164. The number of alkyl halides is 3. The lowest BCUT2D eigenvalue weighted by molar-refractivity contribution is -0.192. The van der Waals surface area contributed by atoms with Gasteiger partial charge in [-0.15, -0.1) is 0 Å². The van der Waals surface area contributed by atoms with Gasteiger partial charge in [-0.05, 0) is 25.1 Å². The number of hydrogen-bond acceptors (Lipinski definition) is 6. The third-order valence-electron chi connectivity index (χ3n) is 3.26. The van der Waals surface area contributed by atoms with Gasteiger partial charge in [0.1, 0.15) is 17.1 Å². The molecule has 11 heteroatoms. The molecule has 1 heterocycles. The number of phenolic OH excluding ortho intramolecular Hbond substituents is 2. The van der Waals surface area contributed by atoms with Gasteiger partial charge in [0, 0.05) is 6.54 Å². The number of hydrogen-bond donors (Lipinski definition) is 6. The van der Waals surface area contributed by atoms with Crippen LogP contribution in [0.4, 0.5) is 13.2 Å². The van der Waals surface area contributed by atoms with Crippen LogP contribution in [0, 0.1) is 0 Å². The molecular weight excluding hydrogens is 349 g/mol. The number of aromatic hydroxyl groups is 2. The minimum Gasteiger partial charge on any atom is -0.507 e. The molecule has 0 unspecified atom stereocenters. The highest BCUT2D eigenvalue weighted by Crippen LogP contribution is 2.26. The van der Waals surface area contributed by atoms with E-state index < -0.39 is 24.2 Å². The average Bonchev–Trinajstić information content (AvgIpc) is 2.49. The number of β-amino-alcohol motifs (C(OH)–C–C–N with tert-alkyl or cyclic N) is 1. The predicted octanol–water partition coefficient (Wildman–Crippen LogP) is 0.184. The lowest BCUT2D eigenvalue weighted by atomic mass is 10.0. The monoisotopic (exact) mass is 366 g/mol. The first-order valence-electron chi connectivity index (χ1n) is 7.04. The smallest absolute Gasteiger partial charge is 0.490 e. The second-order valence-electron chi connectivity index (χ2n) is 5.11. The molecule has 1 saturated heterocycles. The summed E-state index contributed by atoms with van der Waals surface area (Å²) < 4.78 is 31.7. The molecule has 0 spiro atoms. The highest BCUT2D eigenvalue weighted by atomic mass is 19.4. The van der Waals surface area contributed by atoms with Crippen molar-refractivity contribution in [1.29, 1.82) is 0 Å². The molecule has 25 heavy (non-hydrogen) atoms. The van der Waals surface area contributed by atoms with Crippen LogP contribution in [0.5, 0.6) is 11.5 Å². The molecule has 1 amide bonds. The number of phenols is 2. The van der Waals surface area contributed by atoms with Crippen molar-refractivity contribution in [2.75, 3.05) is 13.1 Å². The van der Waals surface area contributed by atoms with Crippen molar-refractivity contribution in [3.8, 4) is 11.5 Å². The number of carbonyl (C=O) groups is 2. The lowest BCUT2D eigenvalue weighted by Crippen LogP contribution is -2.52. The van der Waals surface area contributed by atoms with Crippen molar-refractivity contribution in [1.82, 2.24) is 10.6 Å². The topological polar surface area (TPSA) is 139 Å². The summed E-state index contributed by atoms with van der Waals surface area (Å²) in [4.78, 5) is 20.8. The predicted molar refractivity (Wildman–Crippen MR) is 78.2 cm³/mol. The molecule has 1 aliphatic heterocycles. The lowest BCUT2D eigenvalue weighted by Gasteiger charge is -2.29. The van der Waals surface area contributed by atoms with Crippen LogP contribution in [-0.2, 0) is 4.79 Å². The van der Waals surface area contributed by atoms with Crippen LogP contribution >= 0.6 is 0 Å². The van der Waals surface area contributed by atoms with Crippen LogP contribution in [-0.4, -0.2) is 63.7 Å². The molecule has 1 aromatic rings. The summed E-state index contributed by atoms with van der Waals surface area (Å²) in [5.74, 6) is -3.91. The molecule has 0 saturated carbocycles. The summed E-state index contributed by atoms with van der Waals surface area (Å²) in [5.41, 5.74) is -0.164. The summed E-state index contributed by atoms with van der Waals surface area (Å²) >= 11 is 0. The summed E-state index contributed by atoms with van der Waals surface area (Å²) in [6.45, 7) is 1.12. The third-order valence-corrected chi connectivity index (χ3v) is 3.26. The van der Waals surface area contributed by atoms with E-state index in [0.29, 0.717) is 19.5 Å². The molecule has 2 atom stereocenters. The van der Waals surface area contributed by atoms with Gasteiger partial charge in [-0.2, -0.15) is 13.2 Å². The van der Waals surface area contributed by atoms with E-state index in [1.54, 1.807) is 0 Å². The Labute approximate surface area is 139 Å². The zero-order chi connectivity index (χ0) is 19.2. The quantitative estimate of drug-likeness (QED) is 0.439. The van der Waals surface area contributed by atoms with Gasteiger partial charge in [0.25, 0.3) is 5.91 Å². The fourth-order valence-corrected chi connectivity index (χ4v) is 2.01. The van der Waals surface area contributed by atoms with Gasteiger partial charge in [0.2, 0.25) is 0 Å². The van der Waals surface area contributed by atoms with E-state index in [9.17, 15) is 33.3 Å². The van der Waals surface area contributed by atoms with Gasteiger partial charge in [-0.3, -0.25) is 4.79 Å². The Balaban J connectivity index is 0.000000381. The normalized spacial score (nSPS) is 20.2. The molecular formula is C14H17F3N2O6. The first-order chi connectivity index (χ1) is 11.5. The SMILES string of the molecule is O=C(N[C@@H]1CCNC[C@H]1O)c1c(O)cccc1O.O=C(O)C(F)(F)F. The molecule has 1 aromatic carbocycles. The van der Waals surface area contributed by atoms with E-state index in [1.165, 1.54) is 18.2 Å². The first kappa shape index (κ1) is 20.5. The van der Waals surface area contributed by atoms with E-state index in [1.807, 2.05) is 0 Å². The van der Waals surface area contributed by atoms with Gasteiger partial charge in [-0.1, -0.05) is 6.07 Å². The number of aliphatic hydroxyl groups excluding tert-OH is 1. The van der Waals surface area contributed by atoms with Crippen molar-refractivity contribution < 1.29 is 43.2 Å².